The molecule has 1 saturated heterocycles. The van der Waals surface area contributed by atoms with Crippen molar-refractivity contribution >= 4 is 33.3 Å². The van der Waals surface area contributed by atoms with Gasteiger partial charge in [0, 0.05) is 23.8 Å². The number of aromatic nitrogens is 1. The summed E-state index contributed by atoms with van der Waals surface area (Å²) < 4.78 is 6.00. The molecule has 3 N–H and O–H groups in total. The molecule has 2 rings (SSSR count). The number of pyridine rings is 1. The highest BCUT2D eigenvalue weighted by molar-refractivity contribution is 9.10. The first-order chi connectivity index (χ1) is 8.65. The molecule has 0 unspecified atom stereocenters. The fraction of sp³-hybridized carbons (Fsp3) is 0.455. The summed E-state index contributed by atoms with van der Waals surface area (Å²) in [7, 11) is 0. The molecule has 1 aliphatic rings. The Balaban J connectivity index is 1.92. The van der Waals surface area contributed by atoms with Crippen molar-refractivity contribution in [2.75, 3.05) is 43.9 Å². The number of halogens is 1. The standard InChI is InChI=1S/C11H15BrN4O2/c12-8-5-9(11(13)14-6-8)15-10(17)7-16-1-3-18-4-2-16/h5-6H,1-4,7H2,(H2,13,14)(H,15,17). The van der Waals surface area contributed by atoms with Crippen LogP contribution in [0.25, 0.3) is 0 Å². The Kier molecular flexibility index (Phi) is 4.51. The minimum atomic E-state index is -0.0940. The van der Waals surface area contributed by atoms with Gasteiger partial charge in [0.25, 0.3) is 0 Å². The highest BCUT2D eigenvalue weighted by Gasteiger charge is 2.15. The van der Waals surface area contributed by atoms with E-state index in [9.17, 15) is 4.79 Å². The number of nitrogens with two attached hydrogens (primary N) is 1. The van der Waals surface area contributed by atoms with E-state index >= 15 is 0 Å². The molecular weight excluding hydrogens is 300 g/mol. The number of anilines is 2. The first kappa shape index (κ1) is 13.3. The van der Waals surface area contributed by atoms with Crippen LogP contribution in [0.4, 0.5) is 11.5 Å². The zero-order valence-electron chi connectivity index (χ0n) is 9.86. The van der Waals surface area contributed by atoms with Crippen LogP contribution in [0.3, 0.4) is 0 Å². The highest BCUT2D eigenvalue weighted by atomic mass is 79.9. The Morgan fingerprint density at radius 3 is 3.00 bits per heavy atom. The molecule has 0 aromatic carbocycles. The molecule has 7 heteroatoms. The van der Waals surface area contributed by atoms with Crippen molar-refractivity contribution in [3.05, 3.63) is 16.7 Å². The maximum atomic E-state index is 11.9. The number of nitrogens with one attached hydrogen (secondary N) is 1. The molecule has 1 amide bonds. The number of rotatable bonds is 3. The minimum absolute atomic E-state index is 0.0940. The van der Waals surface area contributed by atoms with Gasteiger partial charge in [-0.2, -0.15) is 0 Å². The predicted molar refractivity (Wildman–Crippen MR) is 72.2 cm³/mol. The Labute approximate surface area is 114 Å². The third kappa shape index (κ3) is 3.66. The number of morpholine rings is 1. The van der Waals surface area contributed by atoms with Gasteiger partial charge in [0.05, 0.1) is 25.4 Å². The number of carbonyl (C=O) groups excluding carboxylic acids is 1. The lowest BCUT2D eigenvalue weighted by molar-refractivity contribution is -0.118. The first-order valence-electron chi connectivity index (χ1n) is 5.66. The quantitative estimate of drug-likeness (QED) is 0.858. The van der Waals surface area contributed by atoms with Crippen molar-refractivity contribution in [2.45, 2.75) is 0 Å². The zero-order chi connectivity index (χ0) is 13.0. The smallest absolute Gasteiger partial charge is 0.238 e. The summed E-state index contributed by atoms with van der Waals surface area (Å²) in [5.74, 6) is 0.219. The van der Waals surface area contributed by atoms with Crippen molar-refractivity contribution < 1.29 is 9.53 Å². The molecule has 2 heterocycles. The van der Waals surface area contributed by atoms with Gasteiger partial charge in [0.2, 0.25) is 5.91 Å². The molecule has 98 valence electrons. The topological polar surface area (TPSA) is 80.5 Å². The van der Waals surface area contributed by atoms with Crippen LogP contribution in [0.1, 0.15) is 0 Å². The van der Waals surface area contributed by atoms with Crippen molar-refractivity contribution in [1.82, 2.24) is 9.88 Å². The van der Waals surface area contributed by atoms with Gasteiger partial charge in [-0.05, 0) is 22.0 Å². The van der Waals surface area contributed by atoms with Gasteiger partial charge >= 0.3 is 0 Å². The van der Waals surface area contributed by atoms with Crippen LogP contribution in [-0.4, -0.2) is 48.6 Å². The van der Waals surface area contributed by atoms with Gasteiger partial charge in [-0.25, -0.2) is 4.98 Å². The van der Waals surface area contributed by atoms with E-state index in [4.69, 9.17) is 10.5 Å². The van der Waals surface area contributed by atoms with Crippen molar-refractivity contribution in [2.24, 2.45) is 0 Å². The van der Waals surface area contributed by atoms with Gasteiger partial charge in [0.1, 0.15) is 5.82 Å². The highest BCUT2D eigenvalue weighted by Crippen LogP contribution is 2.20. The van der Waals surface area contributed by atoms with E-state index in [1.165, 1.54) is 0 Å². The number of hydrogen-bond acceptors (Lipinski definition) is 5. The van der Waals surface area contributed by atoms with Crippen LogP contribution in [0.15, 0.2) is 16.7 Å². The van der Waals surface area contributed by atoms with Crippen LogP contribution >= 0.6 is 15.9 Å². The van der Waals surface area contributed by atoms with Gasteiger partial charge in [-0.3, -0.25) is 9.69 Å². The van der Waals surface area contributed by atoms with E-state index in [1.54, 1.807) is 12.3 Å². The molecule has 0 radical (unpaired) electrons. The third-order valence-electron chi connectivity index (χ3n) is 2.63. The van der Waals surface area contributed by atoms with Crippen LogP contribution in [0, 0.1) is 0 Å². The molecule has 0 saturated carbocycles. The molecule has 18 heavy (non-hydrogen) atoms. The molecular formula is C11H15BrN4O2. The van der Waals surface area contributed by atoms with Crippen molar-refractivity contribution in [3.8, 4) is 0 Å². The SMILES string of the molecule is Nc1ncc(Br)cc1NC(=O)CN1CCOCC1. The number of nitrogens with zero attached hydrogens (tertiary/aromatic N) is 2. The van der Waals surface area contributed by atoms with Gasteiger partial charge in [0.15, 0.2) is 0 Å². The Morgan fingerprint density at radius 1 is 1.56 bits per heavy atom. The first-order valence-corrected chi connectivity index (χ1v) is 6.45. The molecule has 0 bridgehead atoms. The fourth-order valence-electron chi connectivity index (χ4n) is 1.70. The molecule has 1 aromatic rings. The monoisotopic (exact) mass is 314 g/mol. The summed E-state index contributed by atoms with van der Waals surface area (Å²) in [5, 5.41) is 2.76. The van der Waals surface area contributed by atoms with Crippen LogP contribution in [0.5, 0.6) is 0 Å². The molecule has 0 aliphatic carbocycles. The van der Waals surface area contributed by atoms with E-state index < -0.39 is 0 Å². The van der Waals surface area contributed by atoms with E-state index in [0.29, 0.717) is 31.3 Å². The predicted octanol–water partition coefficient (Wildman–Crippen LogP) is 0.697. The lowest BCUT2D eigenvalue weighted by atomic mass is 10.3. The van der Waals surface area contributed by atoms with E-state index in [0.717, 1.165) is 17.6 Å². The lowest BCUT2D eigenvalue weighted by Crippen LogP contribution is -2.41. The molecule has 1 fully saturated rings. The van der Waals surface area contributed by atoms with E-state index in [-0.39, 0.29) is 5.91 Å². The van der Waals surface area contributed by atoms with E-state index in [2.05, 4.69) is 26.2 Å². The van der Waals surface area contributed by atoms with Gasteiger partial charge < -0.3 is 15.8 Å². The fourth-order valence-corrected chi connectivity index (χ4v) is 2.03. The largest absolute Gasteiger partial charge is 0.382 e. The number of amides is 1. The van der Waals surface area contributed by atoms with Gasteiger partial charge in [-0.15, -0.1) is 0 Å². The average molecular weight is 315 g/mol. The molecule has 0 atom stereocenters. The Hall–Kier alpha value is -1.18. The lowest BCUT2D eigenvalue weighted by Gasteiger charge is -2.25. The number of hydrogen-bond donors (Lipinski definition) is 2. The van der Waals surface area contributed by atoms with Crippen LogP contribution in [-0.2, 0) is 9.53 Å². The Bertz CT molecular complexity index is 435. The normalized spacial score (nSPS) is 16.5. The second-order valence-corrected chi connectivity index (χ2v) is 4.94. The van der Waals surface area contributed by atoms with Crippen LogP contribution in [0.2, 0.25) is 0 Å². The average Bonchev–Trinajstić information content (AvgIpc) is 2.35. The molecule has 6 nitrogen and oxygen atoms in total. The molecule has 0 spiro atoms. The zero-order valence-corrected chi connectivity index (χ0v) is 11.4. The summed E-state index contributed by atoms with van der Waals surface area (Å²) in [6, 6.07) is 1.74. The summed E-state index contributed by atoms with van der Waals surface area (Å²) in [6.45, 7) is 3.25. The Morgan fingerprint density at radius 2 is 2.28 bits per heavy atom. The van der Waals surface area contributed by atoms with Crippen molar-refractivity contribution in [3.63, 3.8) is 0 Å². The number of carbonyl (C=O) groups is 1. The third-order valence-corrected chi connectivity index (χ3v) is 3.06. The number of ether oxygens (including phenoxy) is 1. The minimum Gasteiger partial charge on any atom is -0.382 e. The molecule has 1 aliphatic heterocycles. The second-order valence-electron chi connectivity index (χ2n) is 4.02. The van der Waals surface area contributed by atoms with Crippen LogP contribution < -0.4 is 11.1 Å². The summed E-state index contributed by atoms with van der Waals surface area (Å²) in [6.07, 6.45) is 1.59. The summed E-state index contributed by atoms with van der Waals surface area (Å²) in [5.41, 5.74) is 6.22. The van der Waals surface area contributed by atoms with Gasteiger partial charge in [-0.1, -0.05) is 0 Å². The second kappa shape index (κ2) is 6.12. The van der Waals surface area contributed by atoms with E-state index in [1.807, 2.05) is 4.90 Å². The summed E-state index contributed by atoms with van der Waals surface area (Å²) >= 11 is 3.29. The van der Waals surface area contributed by atoms with Crippen molar-refractivity contribution in [1.29, 1.82) is 0 Å². The number of nitrogen functional groups attached to an aromatic ring is 1. The molecule has 1 aromatic heterocycles. The summed E-state index contributed by atoms with van der Waals surface area (Å²) in [4.78, 5) is 17.9. The maximum absolute atomic E-state index is 11.9. The maximum Gasteiger partial charge on any atom is 0.238 e.